The molecule has 2 N–H and O–H groups in total. The van der Waals surface area contributed by atoms with E-state index in [0.29, 0.717) is 17.3 Å². The van der Waals surface area contributed by atoms with Gasteiger partial charge >= 0.3 is 5.97 Å². The molecule has 1 rings (SSSR count). The van der Waals surface area contributed by atoms with Gasteiger partial charge in [0.1, 0.15) is 6.04 Å². The van der Waals surface area contributed by atoms with Crippen molar-refractivity contribution >= 4 is 17.7 Å². The van der Waals surface area contributed by atoms with Gasteiger partial charge in [-0.25, -0.2) is 9.97 Å². The van der Waals surface area contributed by atoms with Gasteiger partial charge in [0, 0.05) is 17.6 Å². The second-order valence-electron chi connectivity index (χ2n) is 3.30. The minimum absolute atomic E-state index is 0.502. The fraction of sp³-hybridized carbons (Fsp3) is 0.500. The predicted octanol–water partition coefficient (Wildman–Crippen LogP) is 0.940. The Kier molecular flexibility index (Phi) is 5.21. The van der Waals surface area contributed by atoms with Crippen LogP contribution in [0.15, 0.2) is 17.4 Å². The molecular weight excluding hydrogens is 226 g/mol. The van der Waals surface area contributed by atoms with Gasteiger partial charge < -0.3 is 10.4 Å². The predicted molar refractivity (Wildman–Crippen MR) is 62.6 cm³/mol. The van der Waals surface area contributed by atoms with Crippen molar-refractivity contribution < 1.29 is 9.90 Å². The summed E-state index contributed by atoms with van der Waals surface area (Å²) in [5.41, 5.74) is 0.918. The van der Waals surface area contributed by atoms with E-state index in [9.17, 15) is 4.79 Å². The number of carboxylic acids is 1. The number of nitrogens with one attached hydrogen (secondary N) is 1. The molecular formula is C10H15N3O2S. The zero-order chi connectivity index (χ0) is 12.0. The standard InChI is InChI=1S/C10H15N3O2S/c1-7-3-5-12-10(13-7)16-6-4-8(11-2)9(14)15/h3,5,8,11H,4,6H2,1-2H3,(H,14,15). The summed E-state index contributed by atoms with van der Waals surface area (Å²) in [7, 11) is 1.65. The van der Waals surface area contributed by atoms with Gasteiger partial charge in [-0.15, -0.1) is 0 Å². The number of thioether (sulfide) groups is 1. The highest BCUT2D eigenvalue weighted by atomic mass is 32.2. The van der Waals surface area contributed by atoms with E-state index >= 15 is 0 Å². The molecule has 16 heavy (non-hydrogen) atoms. The van der Waals surface area contributed by atoms with Crippen LogP contribution >= 0.6 is 11.8 Å². The molecule has 0 aliphatic carbocycles. The van der Waals surface area contributed by atoms with Crippen molar-refractivity contribution in [3.05, 3.63) is 18.0 Å². The highest BCUT2D eigenvalue weighted by Crippen LogP contribution is 2.14. The van der Waals surface area contributed by atoms with E-state index in [2.05, 4.69) is 15.3 Å². The van der Waals surface area contributed by atoms with Crippen molar-refractivity contribution in [2.75, 3.05) is 12.8 Å². The third kappa shape index (κ3) is 4.16. The van der Waals surface area contributed by atoms with Gasteiger partial charge in [0.25, 0.3) is 0 Å². The third-order valence-electron chi connectivity index (χ3n) is 2.06. The van der Waals surface area contributed by atoms with Gasteiger partial charge in [0.05, 0.1) is 0 Å². The molecule has 0 aliphatic heterocycles. The van der Waals surface area contributed by atoms with E-state index in [0.717, 1.165) is 5.69 Å². The van der Waals surface area contributed by atoms with E-state index in [4.69, 9.17) is 5.11 Å². The molecule has 0 bridgehead atoms. The van der Waals surface area contributed by atoms with Crippen molar-refractivity contribution in [3.8, 4) is 0 Å². The van der Waals surface area contributed by atoms with Crippen LogP contribution in [0, 0.1) is 6.92 Å². The Bertz CT molecular complexity index is 360. The molecule has 1 aromatic heterocycles. The third-order valence-corrected chi connectivity index (χ3v) is 2.95. The number of carbonyl (C=O) groups is 1. The molecule has 0 saturated heterocycles. The average molecular weight is 241 g/mol. The van der Waals surface area contributed by atoms with Crippen molar-refractivity contribution in [2.45, 2.75) is 24.5 Å². The summed E-state index contributed by atoms with van der Waals surface area (Å²) >= 11 is 1.47. The van der Waals surface area contributed by atoms with Crippen molar-refractivity contribution in [3.63, 3.8) is 0 Å². The molecule has 0 spiro atoms. The fourth-order valence-corrected chi connectivity index (χ4v) is 2.03. The summed E-state index contributed by atoms with van der Waals surface area (Å²) in [4.78, 5) is 19.0. The van der Waals surface area contributed by atoms with Crippen LogP contribution in [-0.4, -0.2) is 39.9 Å². The van der Waals surface area contributed by atoms with E-state index in [-0.39, 0.29) is 0 Å². The number of likely N-dealkylation sites (N-methyl/N-ethyl adjacent to an activating group) is 1. The minimum Gasteiger partial charge on any atom is -0.480 e. The Labute approximate surface area is 98.7 Å². The quantitative estimate of drug-likeness (QED) is 0.570. The van der Waals surface area contributed by atoms with Crippen molar-refractivity contribution in [2.24, 2.45) is 0 Å². The molecule has 0 saturated carbocycles. The Balaban J connectivity index is 2.38. The first-order valence-corrected chi connectivity index (χ1v) is 5.94. The first kappa shape index (κ1) is 12.9. The summed E-state index contributed by atoms with van der Waals surface area (Å²) in [6.45, 7) is 1.90. The SMILES string of the molecule is CNC(CCSc1nccc(C)n1)C(=O)O. The van der Waals surface area contributed by atoms with E-state index in [1.165, 1.54) is 11.8 Å². The lowest BCUT2D eigenvalue weighted by atomic mass is 10.2. The summed E-state index contributed by atoms with van der Waals surface area (Å²) in [5.74, 6) is -0.144. The largest absolute Gasteiger partial charge is 0.480 e. The van der Waals surface area contributed by atoms with Gasteiger partial charge in [-0.1, -0.05) is 11.8 Å². The Morgan fingerprint density at radius 3 is 3.00 bits per heavy atom. The molecule has 0 aromatic carbocycles. The highest BCUT2D eigenvalue weighted by molar-refractivity contribution is 7.99. The first-order valence-electron chi connectivity index (χ1n) is 4.96. The number of aryl methyl sites for hydroxylation is 1. The van der Waals surface area contributed by atoms with Crippen LogP contribution in [0.3, 0.4) is 0 Å². The van der Waals surface area contributed by atoms with Crippen LogP contribution in [0.2, 0.25) is 0 Å². The summed E-state index contributed by atoms with van der Waals surface area (Å²) < 4.78 is 0. The molecule has 1 aromatic rings. The number of carboxylic acid groups (broad SMARTS) is 1. The maximum Gasteiger partial charge on any atom is 0.320 e. The molecule has 0 amide bonds. The molecule has 1 heterocycles. The number of rotatable bonds is 6. The number of nitrogens with zero attached hydrogens (tertiary/aromatic N) is 2. The van der Waals surface area contributed by atoms with Crippen LogP contribution in [0.5, 0.6) is 0 Å². The van der Waals surface area contributed by atoms with Crippen LogP contribution in [0.25, 0.3) is 0 Å². The molecule has 1 atom stereocenters. The van der Waals surface area contributed by atoms with Gasteiger partial charge in [-0.05, 0) is 26.5 Å². The van der Waals surface area contributed by atoms with Crippen LogP contribution < -0.4 is 5.32 Å². The molecule has 1 unspecified atom stereocenters. The Morgan fingerprint density at radius 2 is 2.44 bits per heavy atom. The Morgan fingerprint density at radius 1 is 1.69 bits per heavy atom. The zero-order valence-corrected chi connectivity index (χ0v) is 10.1. The van der Waals surface area contributed by atoms with Crippen molar-refractivity contribution in [1.29, 1.82) is 0 Å². The second kappa shape index (κ2) is 6.44. The molecule has 0 radical (unpaired) electrons. The molecule has 5 nitrogen and oxygen atoms in total. The lowest BCUT2D eigenvalue weighted by molar-refractivity contribution is -0.139. The smallest absolute Gasteiger partial charge is 0.320 e. The van der Waals surface area contributed by atoms with E-state index < -0.39 is 12.0 Å². The molecule has 6 heteroatoms. The summed E-state index contributed by atoms with van der Waals surface area (Å²) in [6, 6.07) is 1.33. The molecule has 88 valence electrons. The Hall–Kier alpha value is -1.14. The normalized spacial score (nSPS) is 12.4. The number of hydrogen-bond acceptors (Lipinski definition) is 5. The fourth-order valence-electron chi connectivity index (χ4n) is 1.15. The number of aliphatic carboxylic acids is 1. The highest BCUT2D eigenvalue weighted by Gasteiger charge is 2.14. The van der Waals surface area contributed by atoms with Crippen LogP contribution in [-0.2, 0) is 4.79 Å². The van der Waals surface area contributed by atoms with Gasteiger partial charge in [-0.3, -0.25) is 4.79 Å². The lowest BCUT2D eigenvalue weighted by Gasteiger charge is -2.09. The first-order chi connectivity index (χ1) is 7.63. The monoisotopic (exact) mass is 241 g/mol. The lowest BCUT2D eigenvalue weighted by Crippen LogP contribution is -2.34. The topological polar surface area (TPSA) is 75.1 Å². The van der Waals surface area contributed by atoms with E-state index in [1.807, 2.05) is 13.0 Å². The van der Waals surface area contributed by atoms with Gasteiger partial charge in [0.2, 0.25) is 0 Å². The number of hydrogen-bond donors (Lipinski definition) is 2. The number of aromatic nitrogens is 2. The van der Waals surface area contributed by atoms with Gasteiger partial charge in [0.15, 0.2) is 5.16 Å². The van der Waals surface area contributed by atoms with Crippen LogP contribution in [0.1, 0.15) is 12.1 Å². The van der Waals surface area contributed by atoms with Gasteiger partial charge in [-0.2, -0.15) is 0 Å². The zero-order valence-electron chi connectivity index (χ0n) is 9.30. The minimum atomic E-state index is -0.826. The summed E-state index contributed by atoms with van der Waals surface area (Å²) in [5, 5.41) is 12.3. The average Bonchev–Trinajstić information content (AvgIpc) is 2.24. The maximum atomic E-state index is 10.7. The second-order valence-corrected chi connectivity index (χ2v) is 4.36. The van der Waals surface area contributed by atoms with Crippen molar-refractivity contribution in [1.82, 2.24) is 15.3 Å². The molecule has 0 aliphatic rings. The maximum absolute atomic E-state index is 10.7. The summed E-state index contributed by atoms with van der Waals surface area (Å²) in [6.07, 6.45) is 2.26. The molecule has 0 fully saturated rings. The van der Waals surface area contributed by atoms with E-state index in [1.54, 1.807) is 13.2 Å². The van der Waals surface area contributed by atoms with Crippen LogP contribution in [0.4, 0.5) is 0 Å².